The lowest BCUT2D eigenvalue weighted by Crippen LogP contribution is -2.26. The zero-order chi connectivity index (χ0) is 17.2. The molecule has 25 heavy (non-hydrogen) atoms. The third-order valence-electron chi connectivity index (χ3n) is 4.92. The second-order valence-electron chi connectivity index (χ2n) is 6.60. The van der Waals surface area contributed by atoms with E-state index >= 15 is 0 Å². The molecule has 3 aromatic rings. The van der Waals surface area contributed by atoms with Gasteiger partial charge in [-0.15, -0.1) is 0 Å². The van der Waals surface area contributed by atoms with Gasteiger partial charge in [0.15, 0.2) is 0 Å². The third-order valence-corrected chi connectivity index (χ3v) is 4.92. The molecular weight excluding hydrogens is 310 g/mol. The smallest absolute Gasteiger partial charge is 0.255 e. The highest BCUT2D eigenvalue weighted by molar-refractivity contribution is 5.99. The van der Waals surface area contributed by atoms with E-state index in [1.54, 1.807) is 6.20 Å². The SMILES string of the molecule is CC(NC(=O)c1cn[nH]c1-c1ccccc1)c1ccc2c(c1)CCC2. The molecule has 1 atom stereocenters. The Morgan fingerprint density at radius 3 is 2.76 bits per heavy atom. The van der Waals surface area contributed by atoms with Crippen molar-refractivity contribution < 1.29 is 4.79 Å². The van der Waals surface area contributed by atoms with E-state index in [9.17, 15) is 4.79 Å². The monoisotopic (exact) mass is 331 g/mol. The first-order valence-electron chi connectivity index (χ1n) is 8.74. The molecule has 1 heterocycles. The first-order chi connectivity index (χ1) is 12.2. The van der Waals surface area contributed by atoms with Crippen LogP contribution in [-0.4, -0.2) is 16.1 Å². The Hall–Kier alpha value is -2.88. The lowest BCUT2D eigenvalue weighted by molar-refractivity contribution is 0.0940. The van der Waals surface area contributed by atoms with E-state index < -0.39 is 0 Å². The molecule has 4 heteroatoms. The Morgan fingerprint density at radius 1 is 1.12 bits per heavy atom. The summed E-state index contributed by atoms with van der Waals surface area (Å²) >= 11 is 0. The summed E-state index contributed by atoms with van der Waals surface area (Å²) in [5.74, 6) is -0.111. The number of aryl methyl sites for hydroxylation is 2. The molecule has 0 radical (unpaired) electrons. The summed E-state index contributed by atoms with van der Waals surface area (Å²) in [6.07, 6.45) is 5.14. The molecule has 1 aliphatic rings. The summed E-state index contributed by atoms with van der Waals surface area (Å²) in [6.45, 7) is 2.02. The second-order valence-corrected chi connectivity index (χ2v) is 6.60. The zero-order valence-corrected chi connectivity index (χ0v) is 14.3. The van der Waals surface area contributed by atoms with Gasteiger partial charge in [0.05, 0.1) is 23.5 Å². The van der Waals surface area contributed by atoms with Crippen LogP contribution in [0.2, 0.25) is 0 Å². The van der Waals surface area contributed by atoms with E-state index in [0.717, 1.165) is 23.2 Å². The van der Waals surface area contributed by atoms with Crippen molar-refractivity contribution >= 4 is 5.91 Å². The largest absolute Gasteiger partial charge is 0.345 e. The number of carbonyl (C=O) groups is 1. The molecular formula is C21H21N3O. The van der Waals surface area contributed by atoms with Crippen LogP contribution >= 0.6 is 0 Å². The summed E-state index contributed by atoms with van der Waals surface area (Å²) in [5, 5.41) is 10.1. The molecule has 0 bridgehead atoms. The van der Waals surface area contributed by atoms with Crippen LogP contribution in [0.25, 0.3) is 11.3 Å². The molecule has 2 N–H and O–H groups in total. The molecule has 126 valence electrons. The predicted octanol–water partition coefficient (Wildman–Crippen LogP) is 4.06. The average Bonchev–Trinajstić information content (AvgIpc) is 3.31. The fraction of sp³-hybridized carbons (Fsp3) is 0.238. The lowest BCUT2D eigenvalue weighted by atomic mass is 10.0. The Kier molecular flexibility index (Phi) is 4.10. The van der Waals surface area contributed by atoms with Crippen LogP contribution in [0.3, 0.4) is 0 Å². The van der Waals surface area contributed by atoms with Gasteiger partial charge < -0.3 is 5.32 Å². The van der Waals surface area contributed by atoms with Crippen molar-refractivity contribution in [3.8, 4) is 11.3 Å². The standard InChI is InChI=1S/C21H21N3O/c1-14(17-11-10-15-8-5-9-18(15)12-17)23-21(25)19-13-22-24-20(19)16-6-3-2-4-7-16/h2-4,6-7,10-14H,5,8-9H2,1H3,(H,22,24)(H,23,25). The van der Waals surface area contributed by atoms with Crippen LogP contribution in [-0.2, 0) is 12.8 Å². The normalized spacial score (nSPS) is 14.1. The maximum Gasteiger partial charge on any atom is 0.255 e. The van der Waals surface area contributed by atoms with E-state index in [1.165, 1.54) is 24.0 Å². The number of carbonyl (C=O) groups excluding carboxylic acids is 1. The number of nitrogens with one attached hydrogen (secondary N) is 2. The summed E-state index contributed by atoms with van der Waals surface area (Å²) in [7, 11) is 0. The molecule has 2 aromatic carbocycles. The predicted molar refractivity (Wildman–Crippen MR) is 98.4 cm³/mol. The number of fused-ring (bicyclic) bond motifs is 1. The molecule has 0 fully saturated rings. The zero-order valence-electron chi connectivity index (χ0n) is 14.3. The maximum absolute atomic E-state index is 12.7. The molecule has 0 saturated carbocycles. The van der Waals surface area contributed by atoms with Crippen LogP contribution in [0.5, 0.6) is 0 Å². The fourth-order valence-corrected chi connectivity index (χ4v) is 3.50. The van der Waals surface area contributed by atoms with Gasteiger partial charge in [-0.3, -0.25) is 9.89 Å². The lowest BCUT2D eigenvalue weighted by Gasteiger charge is -2.15. The van der Waals surface area contributed by atoms with Gasteiger partial charge in [0.25, 0.3) is 5.91 Å². The molecule has 1 aromatic heterocycles. The number of aromatic amines is 1. The first kappa shape index (κ1) is 15.6. The van der Waals surface area contributed by atoms with E-state index in [-0.39, 0.29) is 11.9 Å². The first-order valence-corrected chi connectivity index (χ1v) is 8.74. The minimum atomic E-state index is -0.111. The fourth-order valence-electron chi connectivity index (χ4n) is 3.50. The molecule has 0 aliphatic heterocycles. The molecule has 0 spiro atoms. The number of hydrogen-bond acceptors (Lipinski definition) is 2. The maximum atomic E-state index is 12.7. The number of nitrogens with zero attached hydrogens (tertiary/aromatic N) is 1. The van der Waals surface area contributed by atoms with Crippen molar-refractivity contribution in [2.24, 2.45) is 0 Å². The molecule has 1 unspecified atom stereocenters. The second kappa shape index (κ2) is 6.55. The summed E-state index contributed by atoms with van der Waals surface area (Å²) in [4.78, 5) is 12.7. The van der Waals surface area contributed by atoms with E-state index in [2.05, 4.69) is 33.7 Å². The van der Waals surface area contributed by atoms with Crippen molar-refractivity contribution in [1.29, 1.82) is 0 Å². The molecule has 4 nitrogen and oxygen atoms in total. The number of amides is 1. The number of benzene rings is 2. The van der Waals surface area contributed by atoms with Gasteiger partial charge in [-0.25, -0.2) is 0 Å². The van der Waals surface area contributed by atoms with Gasteiger partial charge >= 0.3 is 0 Å². The van der Waals surface area contributed by atoms with Crippen molar-refractivity contribution in [2.45, 2.75) is 32.2 Å². The summed E-state index contributed by atoms with van der Waals surface area (Å²) in [5.41, 5.74) is 6.29. The van der Waals surface area contributed by atoms with Gasteiger partial charge in [0, 0.05) is 5.56 Å². The molecule has 1 amide bonds. The van der Waals surface area contributed by atoms with Crippen molar-refractivity contribution in [1.82, 2.24) is 15.5 Å². The molecule has 0 saturated heterocycles. The van der Waals surface area contributed by atoms with E-state index in [4.69, 9.17) is 0 Å². The number of H-pyrrole nitrogens is 1. The number of rotatable bonds is 4. The van der Waals surface area contributed by atoms with Crippen LogP contribution in [0.15, 0.2) is 54.7 Å². The molecule has 4 rings (SSSR count). The van der Waals surface area contributed by atoms with Gasteiger partial charge in [0.1, 0.15) is 0 Å². The number of hydrogen-bond donors (Lipinski definition) is 2. The van der Waals surface area contributed by atoms with E-state index in [1.807, 2.05) is 37.3 Å². The van der Waals surface area contributed by atoms with Crippen LogP contribution in [0.1, 0.15) is 46.4 Å². The Balaban J connectivity index is 1.54. The Labute approximate surface area is 147 Å². The van der Waals surface area contributed by atoms with Crippen LogP contribution in [0.4, 0.5) is 0 Å². The van der Waals surface area contributed by atoms with Gasteiger partial charge in [-0.1, -0.05) is 48.5 Å². The Bertz CT molecular complexity index is 899. The van der Waals surface area contributed by atoms with Crippen LogP contribution in [0, 0.1) is 0 Å². The van der Waals surface area contributed by atoms with Crippen molar-refractivity contribution in [2.75, 3.05) is 0 Å². The van der Waals surface area contributed by atoms with E-state index in [0.29, 0.717) is 5.56 Å². The quantitative estimate of drug-likeness (QED) is 0.757. The Morgan fingerprint density at radius 2 is 1.92 bits per heavy atom. The molecule has 1 aliphatic carbocycles. The van der Waals surface area contributed by atoms with Gasteiger partial charge in [-0.05, 0) is 42.9 Å². The van der Waals surface area contributed by atoms with Crippen LogP contribution < -0.4 is 5.32 Å². The highest BCUT2D eigenvalue weighted by Gasteiger charge is 2.19. The highest BCUT2D eigenvalue weighted by Crippen LogP contribution is 2.26. The number of aromatic nitrogens is 2. The van der Waals surface area contributed by atoms with Gasteiger partial charge in [0.2, 0.25) is 0 Å². The highest BCUT2D eigenvalue weighted by atomic mass is 16.1. The van der Waals surface area contributed by atoms with Crippen molar-refractivity contribution in [3.05, 3.63) is 77.0 Å². The average molecular weight is 331 g/mol. The summed E-state index contributed by atoms with van der Waals surface area (Å²) < 4.78 is 0. The third kappa shape index (κ3) is 3.07. The minimum absolute atomic E-state index is 0.0445. The topological polar surface area (TPSA) is 57.8 Å². The van der Waals surface area contributed by atoms with Crippen molar-refractivity contribution in [3.63, 3.8) is 0 Å². The van der Waals surface area contributed by atoms with Gasteiger partial charge in [-0.2, -0.15) is 5.10 Å². The summed E-state index contributed by atoms with van der Waals surface area (Å²) in [6, 6.07) is 16.3. The minimum Gasteiger partial charge on any atom is -0.345 e.